The predicted octanol–water partition coefficient (Wildman–Crippen LogP) is 1.68. The second kappa shape index (κ2) is 6.01. The lowest BCUT2D eigenvalue weighted by atomic mass is 10.2. The Hall–Kier alpha value is -1.58. The smallest absolute Gasteiger partial charge is 0.415 e. The zero-order valence-corrected chi connectivity index (χ0v) is 8.78. The summed E-state index contributed by atoms with van der Waals surface area (Å²) in [6.45, 7) is 0. The Bertz CT molecular complexity index is 386. The van der Waals surface area contributed by atoms with Crippen LogP contribution >= 0.6 is 11.8 Å². The molecule has 78 valence electrons. The Kier molecular flexibility index (Phi) is 4.60. The molecule has 15 heavy (non-hydrogen) atoms. The van der Waals surface area contributed by atoms with Crippen LogP contribution in [0.4, 0.5) is 0 Å². The Balaban J connectivity index is 2.40. The molecular formula is C10H10N2O2S. The van der Waals surface area contributed by atoms with Crippen LogP contribution in [0.5, 0.6) is 0 Å². The molecule has 0 saturated heterocycles. The van der Waals surface area contributed by atoms with Crippen molar-refractivity contribution < 1.29 is 14.7 Å². The van der Waals surface area contributed by atoms with Gasteiger partial charge >= 0.3 is 11.7 Å². The molecule has 0 aliphatic rings. The molecule has 1 aromatic rings. The Labute approximate surface area is 91.6 Å². The Morgan fingerprint density at radius 1 is 1.40 bits per heavy atom. The fourth-order valence-electron chi connectivity index (χ4n) is 0.973. The van der Waals surface area contributed by atoms with Crippen LogP contribution in [-0.4, -0.2) is 27.3 Å². The van der Waals surface area contributed by atoms with Crippen LogP contribution in [0.1, 0.15) is 5.56 Å². The minimum Gasteiger partial charge on any atom is -0.473 e. The van der Waals surface area contributed by atoms with Crippen molar-refractivity contribution in [2.75, 3.05) is 5.75 Å². The average Bonchev–Trinajstić information content (AvgIpc) is 2.25. The van der Waals surface area contributed by atoms with E-state index in [1.54, 1.807) is 0 Å². The highest BCUT2D eigenvalue weighted by molar-refractivity contribution is 7.99. The van der Waals surface area contributed by atoms with E-state index in [4.69, 9.17) is 10.6 Å². The summed E-state index contributed by atoms with van der Waals surface area (Å²) < 4.78 is 0. The maximum absolute atomic E-state index is 10.5. The minimum absolute atomic E-state index is 0.195. The van der Waals surface area contributed by atoms with Crippen LogP contribution in [-0.2, 0) is 10.5 Å². The van der Waals surface area contributed by atoms with Crippen LogP contribution in [0.15, 0.2) is 30.3 Å². The number of carboxylic acid groups (broad SMARTS) is 1. The third kappa shape index (κ3) is 3.97. The van der Waals surface area contributed by atoms with Gasteiger partial charge in [0.15, 0.2) is 0 Å². The van der Waals surface area contributed by atoms with Crippen molar-refractivity contribution in [1.29, 1.82) is 0 Å². The molecule has 0 amide bonds. The number of aliphatic carboxylic acids is 1. The number of carboxylic acids is 1. The molecule has 5 heteroatoms. The topological polar surface area (TPSA) is 73.7 Å². The number of thioether (sulfide) groups is 1. The highest BCUT2D eigenvalue weighted by Crippen LogP contribution is 2.11. The van der Waals surface area contributed by atoms with E-state index in [0.29, 0.717) is 5.75 Å². The van der Waals surface area contributed by atoms with Gasteiger partial charge in [-0.1, -0.05) is 30.3 Å². The summed E-state index contributed by atoms with van der Waals surface area (Å²) in [6.07, 6.45) is 0. The molecule has 1 aromatic carbocycles. The van der Waals surface area contributed by atoms with Crippen molar-refractivity contribution in [1.82, 2.24) is 0 Å². The lowest BCUT2D eigenvalue weighted by Crippen LogP contribution is -2.16. The molecule has 0 radical (unpaired) electrons. The van der Waals surface area contributed by atoms with E-state index in [-0.39, 0.29) is 11.5 Å². The first-order valence-electron chi connectivity index (χ1n) is 4.30. The number of hydrogen-bond donors (Lipinski definition) is 1. The van der Waals surface area contributed by atoms with Gasteiger partial charge in [0.1, 0.15) is 5.75 Å². The summed E-state index contributed by atoms with van der Waals surface area (Å²) in [4.78, 5) is 13.2. The highest BCUT2D eigenvalue weighted by atomic mass is 32.2. The third-order valence-electron chi connectivity index (χ3n) is 1.72. The van der Waals surface area contributed by atoms with E-state index in [1.165, 1.54) is 11.8 Å². The van der Waals surface area contributed by atoms with Crippen molar-refractivity contribution in [2.45, 2.75) is 5.75 Å². The Morgan fingerprint density at radius 3 is 2.60 bits per heavy atom. The first-order valence-corrected chi connectivity index (χ1v) is 5.45. The van der Waals surface area contributed by atoms with Gasteiger partial charge in [0.05, 0.1) is 0 Å². The summed E-state index contributed by atoms with van der Waals surface area (Å²) in [6, 6.07) is 9.70. The van der Waals surface area contributed by atoms with Gasteiger partial charge in [-0.25, -0.2) is 4.79 Å². The van der Waals surface area contributed by atoms with Gasteiger partial charge in [-0.05, 0) is 5.56 Å². The molecule has 0 aromatic heterocycles. The SMILES string of the molecule is [N-]=[N+]=C(CSCc1ccccc1)C(=O)O. The van der Waals surface area contributed by atoms with Crippen LogP contribution in [0, 0.1) is 0 Å². The van der Waals surface area contributed by atoms with Gasteiger partial charge in [0.2, 0.25) is 0 Å². The summed E-state index contributed by atoms with van der Waals surface area (Å²) >= 11 is 1.40. The van der Waals surface area contributed by atoms with Gasteiger partial charge in [0.25, 0.3) is 0 Å². The summed E-state index contributed by atoms with van der Waals surface area (Å²) in [5, 5.41) is 8.57. The minimum atomic E-state index is -1.18. The van der Waals surface area contributed by atoms with E-state index in [0.717, 1.165) is 5.56 Å². The fraction of sp³-hybridized carbons (Fsp3) is 0.200. The maximum atomic E-state index is 10.5. The van der Waals surface area contributed by atoms with E-state index < -0.39 is 5.97 Å². The molecule has 0 spiro atoms. The van der Waals surface area contributed by atoms with Gasteiger partial charge in [0, 0.05) is 5.75 Å². The number of rotatable bonds is 5. The zero-order chi connectivity index (χ0) is 11.1. The van der Waals surface area contributed by atoms with Crippen molar-refractivity contribution >= 4 is 23.4 Å². The first kappa shape index (κ1) is 11.5. The van der Waals surface area contributed by atoms with Gasteiger partial charge in [-0.3, -0.25) is 0 Å². The molecule has 0 unspecified atom stereocenters. The van der Waals surface area contributed by atoms with Crippen LogP contribution in [0.2, 0.25) is 0 Å². The van der Waals surface area contributed by atoms with E-state index in [1.807, 2.05) is 30.3 Å². The molecule has 0 bridgehead atoms. The van der Waals surface area contributed by atoms with Gasteiger partial charge < -0.3 is 10.6 Å². The quantitative estimate of drug-likeness (QED) is 0.468. The van der Waals surface area contributed by atoms with Crippen molar-refractivity contribution in [3.8, 4) is 0 Å². The molecule has 0 aliphatic heterocycles. The highest BCUT2D eigenvalue weighted by Gasteiger charge is 2.17. The Morgan fingerprint density at radius 2 is 2.07 bits per heavy atom. The van der Waals surface area contributed by atoms with Gasteiger partial charge in [-0.15, -0.1) is 11.8 Å². The standard InChI is InChI=1S/C10H10N2O2S/c11-12-9(10(13)14)7-15-6-8-4-2-1-3-5-8/h1-5H,6-7H2,(H,13,14). The number of benzene rings is 1. The second-order valence-electron chi connectivity index (χ2n) is 2.83. The summed E-state index contributed by atoms with van der Waals surface area (Å²) in [7, 11) is 0. The number of nitrogens with zero attached hydrogens (tertiary/aromatic N) is 2. The van der Waals surface area contributed by atoms with E-state index in [2.05, 4.69) is 4.79 Å². The summed E-state index contributed by atoms with van der Waals surface area (Å²) in [5.74, 6) is -0.286. The molecule has 1 N–H and O–H groups in total. The van der Waals surface area contributed by atoms with E-state index in [9.17, 15) is 4.79 Å². The lowest BCUT2D eigenvalue weighted by molar-refractivity contribution is -0.134. The van der Waals surface area contributed by atoms with Crippen LogP contribution in [0.3, 0.4) is 0 Å². The monoisotopic (exact) mass is 222 g/mol. The van der Waals surface area contributed by atoms with Crippen molar-refractivity contribution in [2.24, 2.45) is 0 Å². The molecule has 0 saturated carbocycles. The molecule has 0 fully saturated rings. The molecule has 4 nitrogen and oxygen atoms in total. The van der Waals surface area contributed by atoms with E-state index >= 15 is 0 Å². The fourth-order valence-corrected chi connectivity index (χ4v) is 1.88. The van der Waals surface area contributed by atoms with Crippen molar-refractivity contribution in [3.05, 3.63) is 41.4 Å². The normalized spacial score (nSPS) is 9.33. The number of hydrogen-bond acceptors (Lipinski definition) is 2. The molecule has 0 aliphatic carbocycles. The summed E-state index contributed by atoms with van der Waals surface area (Å²) in [5.41, 5.74) is 9.28. The van der Waals surface area contributed by atoms with Gasteiger partial charge in [-0.2, -0.15) is 4.79 Å². The van der Waals surface area contributed by atoms with Crippen molar-refractivity contribution in [3.63, 3.8) is 0 Å². The third-order valence-corrected chi connectivity index (χ3v) is 2.73. The number of carbonyl (C=O) groups is 1. The predicted molar refractivity (Wildman–Crippen MR) is 58.9 cm³/mol. The van der Waals surface area contributed by atoms with Crippen LogP contribution < -0.4 is 0 Å². The average molecular weight is 222 g/mol. The lowest BCUT2D eigenvalue weighted by Gasteiger charge is -1.97. The second-order valence-corrected chi connectivity index (χ2v) is 3.82. The largest absolute Gasteiger partial charge is 0.473 e. The maximum Gasteiger partial charge on any atom is 0.415 e. The molecular weight excluding hydrogens is 212 g/mol. The first-order chi connectivity index (χ1) is 7.24. The van der Waals surface area contributed by atoms with Crippen LogP contribution in [0.25, 0.3) is 5.53 Å². The molecule has 1 rings (SSSR count). The molecule has 0 atom stereocenters. The molecule has 0 heterocycles. The zero-order valence-electron chi connectivity index (χ0n) is 7.96.